The van der Waals surface area contributed by atoms with E-state index in [1.807, 2.05) is 0 Å². The second-order valence-corrected chi connectivity index (χ2v) is 7.70. The van der Waals surface area contributed by atoms with Gasteiger partial charge < -0.3 is 10.8 Å². The molecule has 5 heteroatoms. The van der Waals surface area contributed by atoms with Gasteiger partial charge in [-0.2, -0.15) is 11.8 Å². The number of aliphatic imine (C=N–C) groups is 1. The van der Waals surface area contributed by atoms with Crippen molar-refractivity contribution in [1.82, 2.24) is 0 Å². The van der Waals surface area contributed by atoms with E-state index in [9.17, 15) is 4.79 Å². The summed E-state index contributed by atoms with van der Waals surface area (Å²) in [4.78, 5) is 15.0. The molecule has 1 unspecified atom stereocenters. The van der Waals surface area contributed by atoms with Crippen molar-refractivity contribution in [2.24, 2.45) is 10.7 Å². The number of amidine groups is 1. The first-order valence-corrected chi connectivity index (χ1v) is 9.93. The lowest BCUT2D eigenvalue weighted by Gasteiger charge is -2.07. The number of nitrogens with zero attached hydrogens (tertiary/aromatic N) is 1. The predicted molar refractivity (Wildman–Crippen MR) is 111 cm³/mol. The van der Waals surface area contributed by atoms with Gasteiger partial charge in [-0.3, -0.25) is 4.99 Å². The molecule has 0 aromatic heterocycles. The molecule has 0 spiro atoms. The summed E-state index contributed by atoms with van der Waals surface area (Å²) < 4.78 is 0. The quantitative estimate of drug-likeness (QED) is 0.221. The predicted octanol–water partition coefficient (Wildman–Crippen LogP) is 4.97. The zero-order valence-corrected chi connectivity index (χ0v) is 17.2. The lowest BCUT2D eigenvalue weighted by molar-refractivity contribution is -0.137. The lowest BCUT2D eigenvalue weighted by atomic mass is 10.1. The highest BCUT2D eigenvalue weighted by Crippen LogP contribution is 2.13. The van der Waals surface area contributed by atoms with Gasteiger partial charge >= 0.3 is 5.97 Å². The Labute approximate surface area is 157 Å². The van der Waals surface area contributed by atoms with Gasteiger partial charge in [-0.15, -0.1) is 0 Å². The zero-order chi connectivity index (χ0) is 19.2. The highest BCUT2D eigenvalue weighted by molar-refractivity contribution is 7.99. The molecule has 0 bridgehead atoms. The van der Waals surface area contributed by atoms with Crippen molar-refractivity contribution in [3.8, 4) is 0 Å². The third-order valence-electron chi connectivity index (χ3n) is 3.59. The molecule has 3 N–H and O–H groups in total. The summed E-state index contributed by atoms with van der Waals surface area (Å²) >= 11 is 1.57. The summed E-state index contributed by atoms with van der Waals surface area (Å²) in [7, 11) is 0. The number of carboxylic acid groups (broad SMARTS) is 1. The monoisotopic (exact) mass is 366 g/mol. The molecule has 0 saturated heterocycles. The van der Waals surface area contributed by atoms with Gasteiger partial charge in [0.1, 0.15) is 0 Å². The number of hydrogen-bond donors (Lipinski definition) is 2. The van der Waals surface area contributed by atoms with Gasteiger partial charge in [0.15, 0.2) is 6.04 Å². The van der Waals surface area contributed by atoms with Crippen molar-refractivity contribution >= 4 is 23.6 Å². The summed E-state index contributed by atoms with van der Waals surface area (Å²) in [5.41, 5.74) is 9.62. The second kappa shape index (κ2) is 13.8. The van der Waals surface area contributed by atoms with Crippen LogP contribution in [0.15, 0.2) is 39.9 Å². The molecule has 0 fully saturated rings. The molecule has 0 saturated carbocycles. The van der Waals surface area contributed by atoms with Crippen LogP contribution >= 0.6 is 11.8 Å². The van der Waals surface area contributed by atoms with Crippen LogP contribution in [0.5, 0.6) is 0 Å². The van der Waals surface area contributed by atoms with Crippen LogP contribution < -0.4 is 5.73 Å². The molecule has 1 atom stereocenters. The molecule has 0 aliphatic heterocycles. The standard InChI is InChI=1S/C20H34N2O2S/c1-15(2)8-6-9-16(3)10-7-11-17(4)12-13-25-14-19(20(23)24)22-18(5)21/h8,10,12,19H,6-7,9,11,13-14H2,1-5H3,(H2,21,22)(H,23,24)/b16-10+,17-12+. The van der Waals surface area contributed by atoms with Crippen molar-refractivity contribution in [3.05, 3.63) is 34.9 Å². The van der Waals surface area contributed by atoms with Crippen molar-refractivity contribution in [1.29, 1.82) is 0 Å². The van der Waals surface area contributed by atoms with Crippen LogP contribution in [-0.2, 0) is 4.79 Å². The zero-order valence-electron chi connectivity index (χ0n) is 16.3. The Hall–Kier alpha value is -1.49. The first kappa shape index (κ1) is 23.5. The van der Waals surface area contributed by atoms with E-state index in [4.69, 9.17) is 10.8 Å². The van der Waals surface area contributed by atoms with E-state index in [1.165, 1.54) is 16.7 Å². The number of carboxylic acids is 1. The van der Waals surface area contributed by atoms with Gasteiger partial charge in [-0.05, 0) is 60.3 Å². The maximum Gasteiger partial charge on any atom is 0.329 e. The Morgan fingerprint density at radius 2 is 1.60 bits per heavy atom. The fraction of sp³-hybridized carbons (Fsp3) is 0.600. The third-order valence-corrected chi connectivity index (χ3v) is 4.55. The van der Waals surface area contributed by atoms with Crippen LogP contribution in [0.4, 0.5) is 0 Å². The maximum absolute atomic E-state index is 11.1. The summed E-state index contributed by atoms with van der Waals surface area (Å²) in [5.74, 6) is 0.632. The number of rotatable bonds is 12. The Bertz CT molecular complexity index is 526. The van der Waals surface area contributed by atoms with E-state index in [0.29, 0.717) is 11.6 Å². The number of thioether (sulfide) groups is 1. The van der Waals surface area contributed by atoms with Crippen LogP contribution in [0, 0.1) is 0 Å². The van der Waals surface area contributed by atoms with Crippen LogP contribution in [0.3, 0.4) is 0 Å². The van der Waals surface area contributed by atoms with Crippen molar-refractivity contribution in [3.63, 3.8) is 0 Å². The summed E-state index contributed by atoms with van der Waals surface area (Å²) in [6, 6.07) is -0.755. The largest absolute Gasteiger partial charge is 0.480 e. The first-order chi connectivity index (χ1) is 11.7. The summed E-state index contributed by atoms with van der Waals surface area (Å²) in [6.07, 6.45) is 11.1. The highest BCUT2D eigenvalue weighted by atomic mass is 32.2. The van der Waals surface area contributed by atoms with Crippen molar-refractivity contribution in [2.75, 3.05) is 11.5 Å². The fourth-order valence-electron chi connectivity index (χ4n) is 2.13. The average Bonchev–Trinajstić information content (AvgIpc) is 2.49. The van der Waals surface area contributed by atoms with Gasteiger partial charge in [0, 0.05) is 11.5 Å². The van der Waals surface area contributed by atoms with E-state index in [2.05, 4.69) is 50.9 Å². The molecule has 0 heterocycles. The Morgan fingerprint density at radius 3 is 2.12 bits per heavy atom. The lowest BCUT2D eigenvalue weighted by Crippen LogP contribution is -2.24. The molecule has 25 heavy (non-hydrogen) atoms. The van der Waals surface area contributed by atoms with E-state index in [0.717, 1.165) is 31.4 Å². The first-order valence-electron chi connectivity index (χ1n) is 8.77. The summed E-state index contributed by atoms with van der Waals surface area (Å²) in [5, 5.41) is 9.09. The SMILES string of the molecule is CC(C)=CCC/C(C)=C/CC/C(C)=C/CSCC(N=C(C)N)C(=O)O. The molecule has 0 aliphatic carbocycles. The Kier molecular flexibility index (Phi) is 12.9. The number of carbonyl (C=O) groups is 1. The van der Waals surface area contributed by atoms with E-state index in [-0.39, 0.29) is 0 Å². The maximum atomic E-state index is 11.1. The van der Waals surface area contributed by atoms with Crippen molar-refractivity contribution < 1.29 is 9.90 Å². The van der Waals surface area contributed by atoms with Gasteiger partial charge in [-0.25, -0.2) is 4.79 Å². The molecule has 0 aromatic rings. The van der Waals surface area contributed by atoms with Crippen molar-refractivity contribution in [2.45, 2.75) is 66.3 Å². The number of nitrogens with two attached hydrogens (primary N) is 1. The van der Waals surface area contributed by atoms with Gasteiger partial charge in [0.25, 0.3) is 0 Å². The topological polar surface area (TPSA) is 75.7 Å². The van der Waals surface area contributed by atoms with Gasteiger partial charge in [0.2, 0.25) is 0 Å². The minimum atomic E-state index is -0.924. The van der Waals surface area contributed by atoms with Crippen LogP contribution in [0.25, 0.3) is 0 Å². The smallest absolute Gasteiger partial charge is 0.329 e. The molecule has 0 aromatic carbocycles. The van der Waals surface area contributed by atoms with Crippen LogP contribution in [-0.4, -0.2) is 34.5 Å². The molecule has 4 nitrogen and oxygen atoms in total. The van der Waals surface area contributed by atoms with E-state index >= 15 is 0 Å². The number of allylic oxidation sites excluding steroid dienone is 5. The van der Waals surface area contributed by atoms with Crippen LogP contribution in [0.1, 0.15) is 60.3 Å². The molecular weight excluding hydrogens is 332 g/mol. The average molecular weight is 367 g/mol. The molecule has 0 aliphatic rings. The second-order valence-electron chi connectivity index (χ2n) is 6.62. The van der Waals surface area contributed by atoms with Crippen LogP contribution in [0.2, 0.25) is 0 Å². The van der Waals surface area contributed by atoms with E-state index < -0.39 is 12.0 Å². The number of aliphatic carboxylic acids is 1. The Balaban J connectivity index is 4.11. The summed E-state index contributed by atoms with van der Waals surface area (Å²) in [6.45, 7) is 10.2. The molecule has 0 radical (unpaired) electrons. The van der Waals surface area contributed by atoms with Gasteiger partial charge in [0.05, 0.1) is 5.84 Å². The molecule has 0 amide bonds. The van der Waals surface area contributed by atoms with Gasteiger partial charge in [-0.1, -0.05) is 34.9 Å². The third kappa shape index (κ3) is 14.6. The highest BCUT2D eigenvalue weighted by Gasteiger charge is 2.15. The number of hydrogen-bond acceptors (Lipinski definition) is 3. The minimum absolute atomic E-state index is 0.312. The fourth-order valence-corrected chi connectivity index (χ4v) is 3.11. The minimum Gasteiger partial charge on any atom is -0.480 e. The molecule has 0 rings (SSSR count). The molecular formula is C20H34N2O2S. The normalized spacial score (nSPS) is 14.4. The molecule has 142 valence electrons. The Morgan fingerprint density at radius 1 is 1.04 bits per heavy atom. The van der Waals surface area contributed by atoms with E-state index in [1.54, 1.807) is 18.7 Å².